The van der Waals surface area contributed by atoms with Crippen molar-refractivity contribution in [2.45, 2.75) is 6.18 Å². The van der Waals surface area contributed by atoms with Crippen molar-refractivity contribution in [1.82, 2.24) is 4.98 Å². The third kappa shape index (κ3) is 3.53. The topological polar surface area (TPSA) is 59.1 Å². The third-order valence-corrected chi connectivity index (χ3v) is 2.22. The lowest BCUT2D eigenvalue weighted by atomic mass is 10.2. The molecule has 1 aromatic heterocycles. The highest BCUT2D eigenvalue weighted by atomic mass is 35.5. The monoisotopic (exact) mass is 274 g/mol. The Kier molecular flexibility index (Phi) is 3.34. The van der Waals surface area contributed by atoms with Gasteiger partial charge in [-0.2, -0.15) is 13.2 Å². The van der Waals surface area contributed by atoms with Gasteiger partial charge in [0.2, 0.25) is 10.0 Å². The molecule has 1 N–H and O–H groups in total. The number of aromatic nitrogens is 1. The van der Waals surface area contributed by atoms with Crippen LogP contribution in [0.2, 0.25) is 5.15 Å². The summed E-state index contributed by atoms with van der Waals surface area (Å²) < 4.78 is 60.6. The summed E-state index contributed by atoms with van der Waals surface area (Å²) in [5.41, 5.74) is -1.19. The molecule has 0 aliphatic carbocycles. The number of sulfonamides is 1. The van der Waals surface area contributed by atoms with Gasteiger partial charge in [0.25, 0.3) is 0 Å². The van der Waals surface area contributed by atoms with Crippen LogP contribution in [0.1, 0.15) is 5.56 Å². The van der Waals surface area contributed by atoms with Crippen molar-refractivity contribution in [3.8, 4) is 0 Å². The lowest BCUT2D eigenvalue weighted by Gasteiger charge is -2.12. The zero-order valence-corrected chi connectivity index (χ0v) is 9.41. The largest absolute Gasteiger partial charge is 0.419 e. The summed E-state index contributed by atoms with van der Waals surface area (Å²) in [7, 11) is -3.85. The first-order valence-corrected chi connectivity index (χ1v) is 6.08. The van der Waals surface area contributed by atoms with E-state index in [1.807, 2.05) is 0 Å². The van der Waals surface area contributed by atoms with Crippen molar-refractivity contribution in [1.29, 1.82) is 0 Å². The lowest BCUT2D eigenvalue weighted by Crippen LogP contribution is -2.16. The first-order chi connectivity index (χ1) is 7.09. The van der Waals surface area contributed by atoms with Gasteiger partial charge in [0.1, 0.15) is 5.15 Å². The first-order valence-electron chi connectivity index (χ1n) is 3.81. The molecule has 0 aliphatic rings. The Hall–Kier alpha value is -1.02. The molecule has 0 aliphatic heterocycles. The zero-order valence-electron chi connectivity index (χ0n) is 7.84. The minimum Gasteiger partial charge on any atom is -0.267 e. The SMILES string of the molecule is CS(=O)(=O)Nc1nc(Cl)ccc1C(F)(F)F. The Morgan fingerprint density at radius 2 is 1.94 bits per heavy atom. The number of nitrogens with zero attached hydrogens (tertiary/aromatic N) is 1. The van der Waals surface area contributed by atoms with Crippen LogP contribution in [0.5, 0.6) is 0 Å². The van der Waals surface area contributed by atoms with Crippen LogP contribution in [0.4, 0.5) is 19.0 Å². The average Bonchev–Trinajstić information content (AvgIpc) is 1.97. The van der Waals surface area contributed by atoms with E-state index in [0.717, 1.165) is 12.3 Å². The van der Waals surface area contributed by atoms with Crippen LogP contribution in [-0.4, -0.2) is 19.7 Å². The van der Waals surface area contributed by atoms with E-state index in [9.17, 15) is 21.6 Å². The summed E-state index contributed by atoms with van der Waals surface area (Å²) in [6.07, 6.45) is -3.99. The molecule has 0 bridgehead atoms. The molecule has 9 heteroatoms. The minimum absolute atomic E-state index is 0.237. The fraction of sp³-hybridized carbons (Fsp3) is 0.286. The van der Waals surface area contributed by atoms with E-state index in [-0.39, 0.29) is 5.15 Å². The number of hydrogen-bond donors (Lipinski definition) is 1. The summed E-state index contributed by atoms with van der Waals surface area (Å²) in [5.74, 6) is -0.831. The van der Waals surface area contributed by atoms with Crippen molar-refractivity contribution >= 4 is 27.4 Å². The number of alkyl halides is 3. The van der Waals surface area contributed by atoms with E-state index in [4.69, 9.17) is 11.6 Å². The fourth-order valence-electron chi connectivity index (χ4n) is 0.917. The zero-order chi connectivity index (χ0) is 12.6. The molecule has 0 saturated heterocycles. The molecule has 4 nitrogen and oxygen atoms in total. The molecule has 0 amide bonds. The van der Waals surface area contributed by atoms with E-state index < -0.39 is 27.6 Å². The molecule has 1 heterocycles. The molecule has 1 aromatic rings. The molecule has 0 unspecified atom stereocenters. The van der Waals surface area contributed by atoms with Crippen LogP contribution in [0.15, 0.2) is 12.1 Å². The second-order valence-corrected chi connectivity index (χ2v) is 5.04. The highest BCUT2D eigenvalue weighted by Crippen LogP contribution is 2.34. The average molecular weight is 275 g/mol. The van der Waals surface area contributed by atoms with Gasteiger partial charge in [0.05, 0.1) is 11.8 Å². The first kappa shape index (κ1) is 13.0. The summed E-state index contributed by atoms with van der Waals surface area (Å²) in [5, 5.41) is -0.237. The van der Waals surface area contributed by atoms with Crippen molar-refractivity contribution in [3.05, 3.63) is 22.8 Å². The van der Waals surface area contributed by atoms with Crippen LogP contribution in [0.3, 0.4) is 0 Å². The number of nitrogens with one attached hydrogen (secondary N) is 1. The second kappa shape index (κ2) is 4.10. The number of halogens is 4. The maximum Gasteiger partial charge on any atom is 0.419 e. The van der Waals surface area contributed by atoms with E-state index in [0.29, 0.717) is 6.07 Å². The molecule has 0 atom stereocenters. The highest BCUT2D eigenvalue weighted by molar-refractivity contribution is 7.92. The minimum atomic E-state index is -4.70. The number of rotatable bonds is 2. The van der Waals surface area contributed by atoms with Crippen LogP contribution < -0.4 is 4.72 Å². The van der Waals surface area contributed by atoms with Gasteiger partial charge >= 0.3 is 6.18 Å². The Labute approximate surface area is 94.5 Å². The van der Waals surface area contributed by atoms with Gasteiger partial charge in [-0.25, -0.2) is 13.4 Å². The van der Waals surface area contributed by atoms with Gasteiger partial charge < -0.3 is 0 Å². The number of hydrogen-bond acceptors (Lipinski definition) is 3. The maximum atomic E-state index is 12.4. The standard InChI is InChI=1S/C7H6ClF3N2O2S/c1-16(14,15)13-6-4(7(9,10)11)2-3-5(8)12-6/h2-3H,1H3,(H,12,13). The van der Waals surface area contributed by atoms with Gasteiger partial charge in [-0.05, 0) is 12.1 Å². The second-order valence-electron chi connectivity index (χ2n) is 2.90. The van der Waals surface area contributed by atoms with Gasteiger partial charge in [-0.15, -0.1) is 0 Å². The van der Waals surface area contributed by atoms with Gasteiger partial charge in [-0.1, -0.05) is 11.6 Å². The Morgan fingerprint density at radius 3 is 2.38 bits per heavy atom. The molecule has 90 valence electrons. The van der Waals surface area contributed by atoms with E-state index in [1.54, 1.807) is 4.72 Å². The van der Waals surface area contributed by atoms with Crippen molar-refractivity contribution in [2.75, 3.05) is 11.0 Å². The molecule has 0 aromatic carbocycles. The predicted molar refractivity (Wildman–Crippen MR) is 52.7 cm³/mol. The molecular formula is C7H6ClF3N2O2S. The van der Waals surface area contributed by atoms with Crippen LogP contribution in [-0.2, 0) is 16.2 Å². The maximum absolute atomic E-state index is 12.4. The summed E-state index contributed by atoms with van der Waals surface area (Å²) in [4.78, 5) is 3.28. The summed E-state index contributed by atoms with van der Waals surface area (Å²) in [6, 6.07) is 1.58. The molecule has 0 spiro atoms. The smallest absolute Gasteiger partial charge is 0.267 e. The van der Waals surface area contributed by atoms with E-state index in [2.05, 4.69) is 4.98 Å². The Bertz CT molecular complexity index is 501. The molecule has 0 saturated carbocycles. The van der Waals surface area contributed by atoms with E-state index >= 15 is 0 Å². The summed E-state index contributed by atoms with van der Waals surface area (Å²) in [6.45, 7) is 0. The number of pyridine rings is 1. The normalized spacial score (nSPS) is 12.6. The third-order valence-electron chi connectivity index (χ3n) is 1.45. The molecule has 1 rings (SSSR count). The number of anilines is 1. The van der Waals surface area contributed by atoms with E-state index in [1.165, 1.54) is 0 Å². The molecular weight excluding hydrogens is 269 g/mol. The summed E-state index contributed by atoms with van der Waals surface area (Å²) >= 11 is 5.38. The molecule has 0 radical (unpaired) electrons. The Balaban J connectivity index is 3.30. The predicted octanol–water partition coefficient (Wildman–Crippen LogP) is 2.13. The van der Waals surface area contributed by atoms with Crippen LogP contribution in [0, 0.1) is 0 Å². The lowest BCUT2D eigenvalue weighted by molar-refractivity contribution is -0.137. The highest BCUT2D eigenvalue weighted by Gasteiger charge is 2.35. The van der Waals surface area contributed by atoms with Gasteiger partial charge in [0.15, 0.2) is 5.82 Å². The van der Waals surface area contributed by atoms with Crippen molar-refractivity contribution in [3.63, 3.8) is 0 Å². The molecule has 16 heavy (non-hydrogen) atoms. The van der Waals surface area contributed by atoms with Crippen molar-refractivity contribution < 1.29 is 21.6 Å². The van der Waals surface area contributed by atoms with Gasteiger partial charge in [0, 0.05) is 0 Å². The molecule has 0 fully saturated rings. The van der Waals surface area contributed by atoms with Crippen molar-refractivity contribution in [2.24, 2.45) is 0 Å². The quantitative estimate of drug-likeness (QED) is 0.841. The van der Waals surface area contributed by atoms with Crippen LogP contribution >= 0.6 is 11.6 Å². The van der Waals surface area contributed by atoms with Crippen LogP contribution in [0.25, 0.3) is 0 Å². The van der Waals surface area contributed by atoms with Gasteiger partial charge in [-0.3, -0.25) is 4.72 Å². The fourth-order valence-corrected chi connectivity index (χ4v) is 1.57. The Morgan fingerprint density at radius 1 is 1.38 bits per heavy atom.